The number of aromatic nitrogens is 1. The Kier molecular flexibility index (Phi) is 6.77. The van der Waals surface area contributed by atoms with Crippen LogP contribution < -0.4 is 15.5 Å². The van der Waals surface area contributed by atoms with Crippen molar-refractivity contribution in [3.63, 3.8) is 0 Å². The number of nitro groups is 1. The van der Waals surface area contributed by atoms with Crippen LogP contribution in [0.1, 0.15) is 45.6 Å². The highest BCUT2D eigenvalue weighted by Crippen LogP contribution is 2.55. The summed E-state index contributed by atoms with van der Waals surface area (Å²) in [6.07, 6.45) is 3.63. The molecule has 1 aliphatic heterocycles. The summed E-state index contributed by atoms with van der Waals surface area (Å²) in [6, 6.07) is 19.5. The summed E-state index contributed by atoms with van der Waals surface area (Å²) in [4.78, 5) is 18.2. The molecule has 3 aromatic rings. The predicted octanol–water partition coefficient (Wildman–Crippen LogP) is 6.78. The van der Waals surface area contributed by atoms with Crippen molar-refractivity contribution in [1.82, 2.24) is 4.98 Å². The van der Waals surface area contributed by atoms with Crippen LogP contribution in [0.5, 0.6) is 0 Å². The van der Waals surface area contributed by atoms with Crippen LogP contribution in [0.2, 0.25) is 0 Å². The van der Waals surface area contributed by atoms with Crippen molar-refractivity contribution in [2.45, 2.75) is 45.4 Å². The first-order chi connectivity index (χ1) is 17.7. The topological polar surface area (TPSA) is 92.6 Å². The zero-order valence-electron chi connectivity index (χ0n) is 21.8. The van der Waals surface area contributed by atoms with Crippen LogP contribution in [-0.2, 0) is 10.2 Å². The number of nitrogens with zero attached hydrogens (tertiary/aromatic N) is 3. The summed E-state index contributed by atoms with van der Waals surface area (Å²) in [6.45, 7) is 10.1. The Bertz CT molecular complexity index is 1260. The van der Waals surface area contributed by atoms with Gasteiger partial charge in [-0.1, -0.05) is 45.4 Å². The fraction of sp³-hybridized carbons (Fsp3) is 0.414. The van der Waals surface area contributed by atoms with E-state index in [-0.39, 0.29) is 22.3 Å². The Morgan fingerprint density at radius 1 is 0.973 bits per heavy atom. The van der Waals surface area contributed by atoms with Crippen molar-refractivity contribution in [2.75, 3.05) is 41.8 Å². The molecular formula is C29H35N5O3. The number of rotatable bonds is 7. The van der Waals surface area contributed by atoms with Gasteiger partial charge in [-0.3, -0.25) is 10.1 Å². The van der Waals surface area contributed by atoms with Crippen LogP contribution in [0.25, 0.3) is 0 Å². The number of morpholine rings is 1. The Labute approximate surface area is 218 Å². The fourth-order valence-electron chi connectivity index (χ4n) is 5.52. The molecule has 1 aromatic heterocycles. The van der Waals surface area contributed by atoms with Gasteiger partial charge in [0.15, 0.2) is 0 Å². The Hall–Kier alpha value is -3.65. The summed E-state index contributed by atoms with van der Waals surface area (Å²) in [5.74, 6) is 0.742. The lowest BCUT2D eigenvalue weighted by molar-refractivity contribution is -0.384. The van der Waals surface area contributed by atoms with E-state index in [4.69, 9.17) is 4.74 Å². The second-order valence-electron chi connectivity index (χ2n) is 11.0. The molecule has 8 nitrogen and oxygen atoms in total. The minimum atomic E-state index is -0.407. The minimum Gasteiger partial charge on any atom is -0.378 e. The van der Waals surface area contributed by atoms with Gasteiger partial charge < -0.3 is 20.3 Å². The Morgan fingerprint density at radius 2 is 1.70 bits per heavy atom. The van der Waals surface area contributed by atoms with E-state index in [1.807, 2.05) is 24.3 Å². The number of hydrogen-bond donors (Lipinski definition) is 2. The molecule has 2 heterocycles. The third-order valence-corrected chi connectivity index (χ3v) is 7.91. The largest absolute Gasteiger partial charge is 0.378 e. The van der Waals surface area contributed by atoms with Crippen LogP contribution in [-0.4, -0.2) is 36.2 Å². The number of ether oxygens (including phenoxy) is 1. The fourth-order valence-corrected chi connectivity index (χ4v) is 5.52. The van der Waals surface area contributed by atoms with Gasteiger partial charge in [0.05, 0.1) is 18.1 Å². The highest BCUT2D eigenvalue weighted by molar-refractivity contribution is 5.70. The van der Waals surface area contributed by atoms with Crippen LogP contribution >= 0.6 is 0 Å². The van der Waals surface area contributed by atoms with Gasteiger partial charge in [0.25, 0.3) is 0 Å². The molecule has 0 radical (unpaired) electrons. The van der Waals surface area contributed by atoms with Gasteiger partial charge >= 0.3 is 5.69 Å². The van der Waals surface area contributed by atoms with Gasteiger partial charge in [0, 0.05) is 41.6 Å². The first kappa shape index (κ1) is 25.0. The molecule has 1 saturated heterocycles. The smallest absolute Gasteiger partial charge is 0.311 e. The maximum Gasteiger partial charge on any atom is 0.311 e. The quantitative estimate of drug-likeness (QED) is 0.272. The lowest BCUT2D eigenvalue weighted by Gasteiger charge is -2.52. The van der Waals surface area contributed by atoms with Crippen LogP contribution in [0.4, 0.5) is 34.4 Å². The molecule has 0 spiro atoms. The number of benzene rings is 2. The molecule has 0 atom stereocenters. The third kappa shape index (κ3) is 5.11. The molecule has 2 fully saturated rings. The van der Waals surface area contributed by atoms with Crippen molar-refractivity contribution in [3.8, 4) is 0 Å². The average Bonchev–Trinajstić information content (AvgIpc) is 2.84. The summed E-state index contributed by atoms with van der Waals surface area (Å²) in [5.41, 5.74) is 4.38. The normalized spacial score (nSPS) is 17.1. The third-order valence-electron chi connectivity index (χ3n) is 7.91. The molecule has 0 bridgehead atoms. The number of nitrogens with one attached hydrogen (secondary N) is 2. The van der Waals surface area contributed by atoms with E-state index >= 15 is 0 Å². The number of pyridine rings is 1. The molecule has 194 valence electrons. The molecule has 2 aromatic carbocycles. The van der Waals surface area contributed by atoms with Crippen LogP contribution in [0.3, 0.4) is 0 Å². The van der Waals surface area contributed by atoms with Crippen molar-refractivity contribution >= 4 is 34.4 Å². The molecule has 0 amide bonds. The van der Waals surface area contributed by atoms with Gasteiger partial charge in [-0.05, 0) is 60.2 Å². The second-order valence-corrected chi connectivity index (χ2v) is 11.0. The van der Waals surface area contributed by atoms with Gasteiger partial charge in [-0.25, -0.2) is 4.98 Å². The Morgan fingerprint density at radius 3 is 2.32 bits per heavy atom. The van der Waals surface area contributed by atoms with Crippen LogP contribution in [0.15, 0.2) is 60.7 Å². The van der Waals surface area contributed by atoms with E-state index in [2.05, 4.69) is 65.6 Å². The van der Waals surface area contributed by atoms with Crippen molar-refractivity contribution < 1.29 is 9.66 Å². The predicted molar refractivity (Wildman–Crippen MR) is 148 cm³/mol. The van der Waals surface area contributed by atoms with E-state index in [1.165, 1.54) is 30.9 Å². The maximum atomic E-state index is 11.7. The van der Waals surface area contributed by atoms with Gasteiger partial charge in [0.1, 0.15) is 5.82 Å². The first-order valence-corrected chi connectivity index (χ1v) is 13.0. The summed E-state index contributed by atoms with van der Waals surface area (Å²) < 4.78 is 5.46. The first-order valence-electron chi connectivity index (χ1n) is 13.0. The van der Waals surface area contributed by atoms with Crippen molar-refractivity contribution in [2.24, 2.45) is 5.41 Å². The molecule has 0 unspecified atom stereocenters. The highest BCUT2D eigenvalue weighted by atomic mass is 16.6. The number of anilines is 5. The summed E-state index contributed by atoms with van der Waals surface area (Å²) >= 11 is 0. The van der Waals surface area contributed by atoms with Gasteiger partial charge in [0.2, 0.25) is 5.82 Å². The molecule has 2 N–H and O–H groups in total. The molecule has 8 heteroatoms. The monoisotopic (exact) mass is 501 g/mol. The molecule has 2 aliphatic rings. The van der Waals surface area contributed by atoms with E-state index in [9.17, 15) is 10.1 Å². The van der Waals surface area contributed by atoms with E-state index < -0.39 is 4.92 Å². The lowest BCUT2D eigenvalue weighted by atomic mass is 9.52. The molecule has 37 heavy (non-hydrogen) atoms. The SMILES string of the molecule is CC(C)(C)C1(c2ccc(Nc3nc(Nc4cccc(N5CCOCC5)c4)ccc3[N+](=O)[O-])cc2)CCC1. The van der Waals surface area contributed by atoms with Crippen LogP contribution in [0, 0.1) is 15.5 Å². The molecule has 5 rings (SSSR count). The van der Waals surface area contributed by atoms with E-state index in [0.717, 1.165) is 43.4 Å². The lowest BCUT2D eigenvalue weighted by Crippen LogP contribution is -2.45. The van der Waals surface area contributed by atoms with E-state index in [0.29, 0.717) is 5.82 Å². The molecule has 1 aliphatic carbocycles. The average molecular weight is 502 g/mol. The number of hydrogen-bond acceptors (Lipinski definition) is 7. The maximum absolute atomic E-state index is 11.7. The summed E-state index contributed by atoms with van der Waals surface area (Å²) in [7, 11) is 0. The van der Waals surface area contributed by atoms with Crippen molar-refractivity contribution in [1.29, 1.82) is 0 Å². The molecule has 1 saturated carbocycles. The van der Waals surface area contributed by atoms with Crippen molar-refractivity contribution in [3.05, 3.63) is 76.3 Å². The standard InChI is InChI=1S/C29H35N5O3/c1-28(2,3)29(14-5-15-29)21-8-10-22(11-9-21)31-27-25(34(35)36)12-13-26(32-27)30-23-6-4-7-24(20-23)33-16-18-37-19-17-33/h4,6-13,20H,5,14-19H2,1-3H3,(H2,30,31,32). The van der Waals surface area contributed by atoms with E-state index in [1.54, 1.807) is 6.07 Å². The highest BCUT2D eigenvalue weighted by Gasteiger charge is 2.47. The molecular weight excluding hydrogens is 466 g/mol. The summed E-state index contributed by atoms with van der Waals surface area (Å²) in [5, 5.41) is 18.2. The van der Waals surface area contributed by atoms with Gasteiger partial charge in [-0.15, -0.1) is 0 Å². The second kappa shape index (κ2) is 10.0. The Balaban J connectivity index is 1.36. The minimum absolute atomic E-state index is 0.0677. The zero-order chi connectivity index (χ0) is 26.0. The van der Waals surface area contributed by atoms with Gasteiger partial charge in [-0.2, -0.15) is 0 Å². The zero-order valence-corrected chi connectivity index (χ0v) is 21.8.